The fraction of sp³-hybridized carbons (Fsp3) is 0.450. The predicted molar refractivity (Wildman–Crippen MR) is 219 cm³/mol. The van der Waals surface area contributed by atoms with E-state index in [1.54, 1.807) is 11.3 Å². The number of halogens is 2. The standard InChI is InChI=1S/C40H45ClIN5O5S/c1-22-19-30-36(33(24-7-10-27(41)11-8-24)32(22)35(38(48)49)52-40(3,4)5)53-37(43-30)26-9-12-31-29(20-26)34(44-47(31)23(2)42)25-13-16-45(17-14-25)28-15-18-46(21-28)39(50)51-6/h7-12,19-20,23,25,28,35H,13-18,21H2,1-6H3,(H,48,49)/t23?,28?,35-/m0/s1. The van der Waals surface area contributed by atoms with Crippen LogP contribution < -0.4 is 0 Å². The number of thiazole rings is 1. The van der Waals surface area contributed by atoms with Gasteiger partial charge in [0.05, 0.1) is 34.1 Å². The van der Waals surface area contributed by atoms with Crippen LogP contribution in [-0.2, 0) is 14.3 Å². The van der Waals surface area contributed by atoms with Gasteiger partial charge < -0.3 is 19.5 Å². The molecule has 3 atom stereocenters. The van der Waals surface area contributed by atoms with Crippen LogP contribution in [0.15, 0.2) is 48.5 Å². The molecule has 2 saturated heterocycles. The number of alkyl halides is 1. The Hall–Kier alpha value is -3.30. The van der Waals surface area contributed by atoms with Crippen molar-refractivity contribution in [2.75, 3.05) is 33.3 Å². The zero-order chi connectivity index (χ0) is 37.8. The molecule has 10 nitrogen and oxygen atoms in total. The number of carboxylic acid groups (broad SMARTS) is 1. The van der Waals surface area contributed by atoms with Crippen molar-refractivity contribution < 1.29 is 24.2 Å². The number of carbonyl (C=O) groups excluding carboxylic acids is 1. The van der Waals surface area contributed by atoms with Crippen molar-refractivity contribution in [2.24, 2.45) is 0 Å². The van der Waals surface area contributed by atoms with E-state index in [1.807, 2.05) is 62.9 Å². The monoisotopic (exact) mass is 869 g/mol. The summed E-state index contributed by atoms with van der Waals surface area (Å²) >= 11 is 10.3. The third kappa shape index (κ3) is 7.67. The molecule has 1 N–H and O–H groups in total. The number of hydrogen-bond acceptors (Lipinski definition) is 8. The van der Waals surface area contributed by atoms with Crippen molar-refractivity contribution >= 4 is 78.7 Å². The SMILES string of the molecule is COC(=O)N1CCC(N2CCC(c3nn(C(C)I)c4ccc(-c5nc6cc(C)c([C@H](OC(C)(C)C)C(=O)O)c(-c7ccc(Cl)cc7)c6s5)cc34)CC2)C1. The minimum atomic E-state index is -1.18. The molecule has 2 aliphatic rings. The number of carbonyl (C=O) groups is 2. The molecular weight excluding hydrogens is 825 g/mol. The van der Waals surface area contributed by atoms with Crippen molar-refractivity contribution in [3.63, 3.8) is 0 Å². The average molecular weight is 870 g/mol. The predicted octanol–water partition coefficient (Wildman–Crippen LogP) is 9.86. The molecule has 13 heteroatoms. The summed E-state index contributed by atoms with van der Waals surface area (Å²) in [5, 5.41) is 18.3. The number of piperidine rings is 1. The third-order valence-electron chi connectivity index (χ3n) is 10.4. The molecule has 5 aromatic rings. The maximum absolute atomic E-state index is 12.8. The lowest BCUT2D eigenvalue weighted by atomic mass is 9.90. The minimum absolute atomic E-state index is 0.167. The van der Waals surface area contributed by atoms with Gasteiger partial charge in [0.15, 0.2) is 6.10 Å². The molecule has 2 aliphatic heterocycles. The number of carboxylic acids is 1. The molecule has 0 bridgehead atoms. The topological polar surface area (TPSA) is 110 Å². The summed E-state index contributed by atoms with van der Waals surface area (Å²) in [5.41, 5.74) is 6.41. The Bertz CT molecular complexity index is 2170. The van der Waals surface area contributed by atoms with Crippen molar-refractivity contribution in [2.45, 2.75) is 81.6 Å². The number of aromatic nitrogens is 3. The number of likely N-dealkylation sites (tertiary alicyclic amines) is 2. The molecule has 0 radical (unpaired) electrons. The first-order valence-corrected chi connectivity index (χ1v) is 20.5. The van der Waals surface area contributed by atoms with Crippen LogP contribution in [-0.4, -0.2) is 86.7 Å². The number of ether oxygens (including phenoxy) is 2. The second-order valence-corrected chi connectivity index (χ2v) is 18.3. The van der Waals surface area contributed by atoms with Gasteiger partial charge in [0.1, 0.15) is 9.06 Å². The summed E-state index contributed by atoms with van der Waals surface area (Å²) in [6.07, 6.45) is 1.54. The molecule has 0 aliphatic carbocycles. The maximum Gasteiger partial charge on any atom is 0.409 e. The maximum atomic E-state index is 12.8. The lowest BCUT2D eigenvalue weighted by molar-refractivity contribution is -0.160. The number of methoxy groups -OCH3 is 1. The lowest BCUT2D eigenvalue weighted by Crippen LogP contribution is -2.43. The molecule has 4 heterocycles. The Balaban J connectivity index is 1.27. The van der Waals surface area contributed by atoms with Gasteiger partial charge in [0.25, 0.3) is 0 Å². The highest BCUT2D eigenvalue weighted by atomic mass is 127. The highest BCUT2D eigenvalue weighted by molar-refractivity contribution is 14.1. The second-order valence-electron chi connectivity index (χ2n) is 15.1. The number of benzene rings is 3. The Morgan fingerprint density at radius 1 is 1.04 bits per heavy atom. The van der Waals surface area contributed by atoms with E-state index in [2.05, 4.69) is 57.3 Å². The van der Waals surface area contributed by atoms with Gasteiger partial charge in [-0.2, -0.15) is 5.10 Å². The molecule has 7 rings (SSSR count). The molecule has 2 unspecified atom stereocenters. The minimum Gasteiger partial charge on any atom is -0.479 e. The normalized spacial score (nSPS) is 18.6. The van der Waals surface area contributed by atoms with E-state index in [1.165, 1.54) is 7.11 Å². The summed E-state index contributed by atoms with van der Waals surface area (Å²) in [4.78, 5) is 34.4. The molecule has 0 saturated carbocycles. The van der Waals surface area contributed by atoms with Gasteiger partial charge in [-0.15, -0.1) is 11.3 Å². The summed E-state index contributed by atoms with van der Waals surface area (Å²) in [5.74, 6) is -0.731. The van der Waals surface area contributed by atoms with E-state index in [9.17, 15) is 14.7 Å². The number of hydrogen-bond donors (Lipinski definition) is 1. The summed E-state index contributed by atoms with van der Waals surface area (Å²) in [6, 6.07) is 16.4. The highest BCUT2D eigenvalue weighted by Gasteiger charge is 2.35. The van der Waals surface area contributed by atoms with E-state index in [0.29, 0.717) is 29.1 Å². The Morgan fingerprint density at radius 3 is 2.38 bits per heavy atom. The van der Waals surface area contributed by atoms with Crippen molar-refractivity contribution in [1.82, 2.24) is 24.6 Å². The van der Waals surface area contributed by atoms with E-state index in [4.69, 9.17) is 31.2 Å². The highest BCUT2D eigenvalue weighted by Crippen LogP contribution is 2.45. The molecule has 3 aromatic carbocycles. The largest absolute Gasteiger partial charge is 0.479 e. The molecule has 0 spiro atoms. The first-order chi connectivity index (χ1) is 25.2. The van der Waals surface area contributed by atoms with E-state index < -0.39 is 17.7 Å². The fourth-order valence-corrected chi connectivity index (χ4v) is 9.58. The second kappa shape index (κ2) is 15.1. The summed E-state index contributed by atoms with van der Waals surface area (Å²) in [6.45, 7) is 13.1. The number of amides is 1. The number of nitrogens with zero attached hydrogens (tertiary/aromatic N) is 5. The van der Waals surface area contributed by atoms with Crippen LogP contribution in [0.3, 0.4) is 0 Å². The Labute approximate surface area is 332 Å². The number of fused-ring (bicyclic) bond motifs is 2. The van der Waals surface area contributed by atoms with Crippen LogP contribution in [0.4, 0.5) is 4.79 Å². The van der Waals surface area contributed by atoms with Crippen molar-refractivity contribution in [3.05, 3.63) is 70.4 Å². The molecule has 280 valence electrons. The number of aliphatic carboxylic acids is 1. The van der Waals surface area contributed by atoms with Gasteiger partial charge in [-0.3, -0.25) is 9.58 Å². The van der Waals surface area contributed by atoms with Crippen LogP contribution in [0.2, 0.25) is 5.02 Å². The van der Waals surface area contributed by atoms with Crippen LogP contribution >= 0.6 is 45.5 Å². The quantitative estimate of drug-likeness (QED) is 0.121. The third-order valence-corrected chi connectivity index (χ3v) is 12.3. The lowest BCUT2D eigenvalue weighted by Gasteiger charge is -2.35. The average Bonchev–Trinajstić information content (AvgIpc) is 3.87. The van der Waals surface area contributed by atoms with Gasteiger partial charge in [0, 0.05) is 52.1 Å². The van der Waals surface area contributed by atoms with Gasteiger partial charge in [-0.1, -0.05) is 46.3 Å². The molecular formula is C40H45ClIN5O5S. The molecule has 53 heavy (non-hydrogen) atoms. The molecule has 2 fully saturated rings. The van der Waals surface area contributed by atoms with E-state index in [-0.39, 0.29) is 10.1 Å². The van der Waals surface area contributed by atoms with Crippen molar-refractivity contribution in [1.29, 1.82) is 0 Å². The smallest absolute Gasteiger partial charge is 0.409 e. The zero-order valence-corrected chi connectivity index (χ0v) is 34.6. The van der Waals surface area contributed by atoms with Crippen LogP contribution in [0.1, 0.15) is 79.8 Å². The van der Waals surface area contributed by atoms with Gasteiger partial charge in [0.2, 0.25) is 0 Å². The van der Waals surface area contributed by atoms with Crippen molar-refractivity contribution in [3.8, 4) is 21.7 Å². The summed E-state index contributed by atoms with van der Waals surface area (Å²) < 4.78 is 14.4. The van der Waals surface area contributed by atoms with E-state index >= 15 is 0 Å². The molecule has 1 amide bonds. The van der Waals surface area contributed by atoms with Gasteiger partial charge in [-0.25, -0.2) is 14.6 Å². The fourth-order valence-electron chi connectivity index (χ4n) is 7.91. The molecule has 2 aromatic heterocycles. The number of aryl methyl sites for hydroxylation is 1. The Morgan fingerprint density at radius 2 is 1.74 bits per heavy atom. The first-order valence-electron chi connectivity index (χ1n) is 18.1. The van der Waals surface area contributed by atoms with E-state index in [0.717, 1.165) is 93.0 Å². The van der Waals surface area contributed by atoms with Gasteiger partial charge in [-0.05, 0) is 114 Å². The summed E-state index contributed by atoms with van der Waals surface area (Å²) in [7, 11) is 1.44. The first kappa shape index (κ1) is 38.0. The zero-order valence-electron chi connectivity index (χ0n) is 30.9. The number of rotatable bonds is 8. The van der Waals surface area contributed by atoms with Crippen LogP contribution in [0, 0.1) is 6.92 Å². The Kier molecular flexibility index (Phi) is 10.8. The van der Waals surface area contributed by atoms with Gasteiger partial charge >= 0.3 is 12.1 Å². The van der Waals surface area contributed by atoms with Crippen LogP contribution in [0.25, 0.3) is 42.8 Å². The van der Waals surface area contributed by atoms with Crippen LogP contribution in [0.5, 0.6) is 0 Å².